The van der Waals surface area contributed by atoms with Gasteiger partial charge in [0.1, 0.15) is 5.75 Å². The summed E-state index contributed by atoms with van der Waals surface area (Å²) in [4.78, 5) is 28.4. The first-order chi connectivity index (χ1) is 12.2. The largest absolute Gasteiger partial charge is 0.484 e. The van der Waals surface area contributed by atoms with Crippen molar-refractivity contribution < 1.29 is 14.3 Å². The van der Waals surface area contributed by atoms with Crippen molar-refractivity contribution >= 4 is 23.4 Å². The molecule has 144 valence electrons. The molecule has 0 aliphatic carbocycles. The number of benzene rings is 1. The van der Waals surface area contributed by atoms with E-state index in [2.05, 4.69) is 10.2 Å². The van der Waals surface area contributed by atoms with Crippen molar-refractivity contribution in [1.29, 1.82) is 0 Å². The predicted octanol–water partition coefficient (Wildman–Crippen LogP) is 2.17. The number of nitrogens with zero attached hydrogens (tertiary/aromatic N) is 2. The topological polar surface area (TPSA) is 61.9 Å². The SMILES string of the molecule is CC(C)(C)NC(=O)CN1CCCN(C(=O)COc2ccc(Cl)cc2)CC1. The van der Waals surface area contributed by atoms with Gasteiger partial charge >= 0.3 is 0 Å². The molecule has 0 saturated carbocycles. The highest BCUT2D eigenvalue weighted by Gasteiger charge is 2.22. The van der Waals surface area contributed by atoms with Crippen LogP contribution >= 0.6 is 11.6 Å². The minimum Gasteiger partial charge on any atom is -0.484 e. The van der Waals surface area contributed by atoms with E-state index in [9.17, 15) is 9.59 Å². The lowest BCUT2D eigenvalue weighted by atomic mass is 10.1. The first-order valence-electron chi connectivity index (χ1n) is 8.92. The molecule has 6 nitrogen and oxygen atoms in total. The standard InChI is InChI=1S/C19H28ClN3O3/c1-19(2,3)21-17(24)13-22-9-4-10-23(12-11-22)18(25)14-26-16-7-5-15(20)6-8-16/h5-8H,4,9-14H2,1-3H3,(H,21,24). The van der Waals surface area contributed by atoms with Gasteiger partial charge in [0.15, 0.2) is 6.61 Å². The summed E-state index contributed by atoms with van der Waals surface area (Å²) in [6.45, 7) is 9.04. The monoisotopic (exact) mass is 381 g/mol. The fraction of sp³-hybridized carbons (Fsp3) is 0.579. The molecule has 2 rings (SSSR count). The van der Waals surface area contributed by atoms with E-state index in [4.69, 9.17) is 16.3 Å². The number of rotatable bonds is 5. The Morgan fingerprint density at radius 1 is 1.12 bits per heavy atom. The van der Waals surface area contributed by atoms with E-state index < -0.39 is 0 Å². The Balaban J connectivity index is 1.77. The van der Waals surface area contributed by atoms with Crippen LogP contribution in [-0.4, -0.2) is 66.5 Å². The van der Waals surface area contributed by atoms with E-state index in [0.717, 1.165) is 13.0 Å². The van der Waals surface area contributed by atoms with E-state index in [1.165, 1.54) is 0 Å². The summed E-state index contributed by atoms with van der Waals surface area (Å²) in [5.74, 6) is 0.599. The molecular weight excluding hydrogens is 354 g/mol. The molecule has 0 radical (unpaired) electrons. The molecule has 1 fully saturated rings. The maximum atomic E-state index is 12.4. The van der Waals surface area contributed by atoms with Gasteiger partial charge in [-0.05, 0) is 51.5 Å². The van der Waals surface area contributed by atoms with E-state index in [1.54, 1.807) is 29.2 Å². The molecule has 1 aliphatic rings. The summed E-state index contributed by atoms with van der Waals surface area (Å²) < 4.78 is 5.54. The Morgan fingerprint density at radius 3 is 2.46 bits per heavy atom. The van der Waals surface area contributed by atoms with Gasteiger partial charge in [-0.1, -0.05) is 11.6 Å². The molecule has 2 amide bonds. The molecule has 1 aromatic rings. The van der Waals surface area contributed by atoms with Crippen LogP contribution in [0.5, 0.6) is 5.75 Å². The average molecular weight is 382 g/mol. The molecule has 0 unspecified atom stereocenters. The van der Waals surface area contributed by atoms with Crippen molar-refractivity contribution in [3.8, 4) is 5.75 Å². The molecule has 0 aromatic heterocycles. The number of hydrogen-bond donors (Lipinski definition) is 1. The molecule has 0 spiro atoms. The number of carbonyl (C=O) groups excluding carboxylic acids is 2. The van der Waals surface area contributed by atoms with Crippen LogP contribution in [0.4, 0.5) is 0 Å². The molecule has 26 heavy (non-hydrogen) atoms. The Bertz CT molecular complexity index is 613. The smallest absolute Gasteiger partial charge is 0.260 e. The number of halogens is 1. The summed E-state index contributed by atoms with van der Waals surface area (Å²) in [5.41, 5.74) is -0.232. The summed E-state index contributed by atoms with van der Waals surface area (Å²) >= 11 is 5.84. The van der Waals surface area contributed by atoms with Crippen LogP contribution in [0.3, 0.4) is 0 Å². The summed E-state index contributed by atoms with van der Waals surface area (Å²) in [6, 6.07) is 6.95. The van der Waals surface area contributed by atoms with Crippen LogP contribution in [0.25, 0.3) is 0 Å². The number of nitrogens with one attached hydrogen (secondary N) is 1. The van der Waals surface area contributed by atoms with Gasteiger partial charge in [-0.2, -0.15) is 0 Å². The average Bonchev–Trinajstić information content (AvgIpc) is 2.78. The maximum absolute atomic E-state index is 12.4. The lowest BCUT2D eigenvalue weighted by molar-refractivity contribution is -0.133. The fourth-order valence-corrected chi connectivity index (χ4v) is 2.93. The zero-order chi connectivity index (χ0) is 19.2. The Morgan fingerprint density at radius 2 is 1.81 bits per heavy atom. The van der Waals surface area contributed by atoms with Gasteiger partial charge < -0.3 is 15.0 Å². The second-order valence-electron chi connectivity index (χ2n) is 7.55. The molecule has 1 aliphatic heterocycles. The predicted molar refractivity (Wildman–Crippen MR) is 102 cm³/mol. The second kappa shape index (κ2) is 9.24. The zero-order valence-electron chi connectivity index (χ0n) is 15.8. The van der Waals surface area contributed by atoms with Crippen molar-refractivity contribution in [1.82, 2.24) is 15.1 Å². The van der Waals surface area contributed by atoms with E-state index in [1.807, 2.05) is 20.8 Å². The minimum atomic E-state index is -0.232. The third kappa shape index (κ3) is 7.22. The van der Waals surface area contributed by atoms with E-state index in [-0.39, 0.29) is 24.0 Å². The summed E-state index contributed by atoms with van der Waals surface area (Å²) in [6.07, 6.45) is 0.843. The molecule has 1 heterocycles. The zero-order valence-corrected chi connectivity index (χ0v) is 16.5. The molecule has 0 atom stereocenters. The second-order valence-corrected chi connectivity index (χ2v) is 7.99. The van der Waals surface area contributed by atoms with Gasteiger partial charge in [-0.3, -0.25) is 14.5 Å². The number of amides is 2. The molecule has 1 saturated heterocycles. The molecule has 0 bridgehead atoms. The number of ether oxygens (including phenoxy) is 1. The van der Waals surface area contributed by atoms with Crippen LogP contribution in [0.2, 0.25) is 5.02 Å². The first kappa shape index (κ1) is 20.5. The Kier molecular flexibility index (Phi) is 7.29. The van der Waals surface area contributed by atoms with Crippen LogP contribution in [0.15, 0.2) is 24.3 Å². The molecule has 1 aromatic carbocycles. The number of hydrogen-bond acceptors (Lipinski definition) is 4. The lowest BCUT2D eigenvalue weighted by Crippen LogP contribution is -2.46. The van der Waals surface area contributed by atoms with Gasteiger partial charge in [0.05, 0.1) is 6.54 Å². The van der Waals surface area contributed by atoms with Crippen LogP contribution in [0, 0.1) is 0 Å². The normalized spacial score (nSPS) is 16.1. The maximum Gasteiger partial charge on any atom is 0.260 e. The fourth-order valence-electron chi connectivity index (χ4n) is 2.81. The third-order valence-corrected chi connectivity index (χ3v) is 4.25. The molecule has 7 heteroatoms. The van der Waals surface area contributed by atoms with Gasteiger partial charge in [0.2, 0.25) is 5.91 Å². The molecule has 1 N–H and O–H groups in total. The highest BCUT2D eigenvalue weighted by molar-refractivity contribution is 6.30. The van der Waals surface area contributed by atoms with E-state index >= 15 is 0 Å². The van der Waals surface area contributed by atoms with Crippen molar-refractivity contribution in [2.45, 2.75) is 32.7 Å². The summed E-state index contributed by atoms with van der Waals surface area (Å²) in [5, 5.41) is 3.60. The van der Waals surface area contributed by atoms with Crippen molar-refractivity contribution in [3.05, 3.63) is 29.3 Å². The molecular formula is C19H28ClN3O3. The number of carbonyl (C=O) groups is 2. The highest BCUT2D eigenvalue weighted by atomic mass is 35.5. The van der Waals surface area contributed by atoms with Crippen LogP contribution in [-0.2, 0) is 9.59 Å². The van der Waals surface area contributed by atoms with Gasteiger partial charge in [-0.25, -0.2) is 0 Å². The summed E-state index contributed by atoms with van der Waals surface area (Å²) in [7, 11) is 0. The van der Waals surface area contributed by atoms with Crippen LogP contribution in [0.1, 0.15) is 27.2 Å². The van der Waals surface area contributed by atoms with Crippen LogP contribution < -0.4 is 10.1 Å². The van der Waals surface area contributed by atoms with E-state index in [0.29, 0.717) is 37.0 Å². The van der Waals surface area contributed by atoms with Gasteiger partial charge in [-0.15, -0.1) is 0 Å². The lowest BCUT2D eigenvalue weighted by Gasteiger charge is -2.25. The van der Waals surface area contributed by atoms with Crippen molar-refractivity contribution in [2.24, 2.45) is 0 Å². The highest BCUT2D eigenvalue weighted by Crippen LogP contribution is 2.15. The Labute approximate surface area is 160 Å². The minimum absolute atomic E-state index is 0.00609. The van der Waals surface area contributed by atoms with Gasteiger partial charge in [0, 0.05) is 36.7 Å². The quantitative estimate of drug-likeness (QED) is 0.849. The van der Waals surface area contributed by atoms with Crippen molar-refractivity contribution in [3.63, 3.8) is 0 Å². The van der Waals surface area contributed by atoms with Crippen molar-refractivity contribution in [2.75, 3.05) is 39.3 Å². The Hall–Kier alpha value is -1.79. The third-order valence-electron chi connectivity index (χ3n) is 4.00. The van der Waals surface area contributed by atoms with Gasteiger partial charge in [0.25, 0.3) is 5.91 Å². The first-order valence-corrected chi connectivity index (χ1v) is 9.30.